The first-order chi connectivity index (χ1) is 9.17. The zero-order chi connectivity index (χ0) is 13.7. The molecule has 0 unspecified atom stereocenters. The van der Waals surface area contributed by atoms with Gasteiger partial charge in [0.1, 0.15) is 5.82 Å². The van der Waals surface area contributed by atoms with Crippen molar-refractivity contribution in [3.8, 4) is 0 Å². The summed E-state index contributed by atoms with van der Waals surface area (Å²) in [5.41, 5.74) is 2.29. The molecule has 1 fully saturated rings. The maximum Gasteiger partial charge on any atom is 0.125 e. The normalized spacial score (nSPS) is 21.4. The van der Waals surface area contributed by atoms with Crippen molar-refractivity contribution >= 4 is 5.69 Å². The summed E-state index contributed by atoms with van der Waals surface area (Å²) in [6.07, 6.45) is 4.52. The summed E-state index contributed by atoms with van der Waals surface area (Å²) in [6.45, 7) is 7.48. The molecule has 0 bridgehead atoms. The number of nitrogens with zero attached hydrogens (tertiary/aromatic N) is 1. The van der Waals surface area contributed by atoms with Crippen molar-refractivity contribution in [3.05, 3.63) is 41.7 Å². The molecule has 1 atom stereocenters. The number of allylic oxidation sites excluding steroid dienone is 1. The molecule has 0 radical (unpaired) electrons. The summed E-state index contributed by atoms with van der Waals surface area (Å²) in [4.78, 5) is 2.47. The van der Waals surface area contributed by atoms with E-state index < -0.39 is 0 Å². The Balaban J connectivity index is 1.90. The summed E-state index contributed by atoms with van der Waals surface area (Å²) in [7, 11) is 0. The molecule has 3 heteroatoms. The van der Waals surface area contributed by atoms with Gasteiger partial charge in [-0.15, -0.1) is 0 Å². The van der Waals surface area contributed by atoms with Gasteiger partial charge >= 0.3 is 0 Å². The molecule has 0 saturated carbocycles. The van der Waals surface area contributed by atoms with Crippen molar-refractivity contribution in [1.29, 1.82) is 0 Å². The van der Waals surface area contributed by atoms with Gasteiger partial charge in [0.15, 0.2) is 0 Å². The third-order valence-corrected chi connectivity index (χ3v) is 3.67. The molecule has 19 heavy (non-hydrogen) atoms. The summed E-state index contributed by atoms with van der Waals surface area (Å²) in [5.74, 6) is -0.178. The second-order valence-electron chi connectivity index (χ2n) is 5.36. The molecule has 0 amide bonds. The van der Waals surface area contributed by atoms with Gasteiger partial charge in [-0.1, -0.05) is 17.7 Å². The number of halogens is 1. The van der Waals surface area contributed by atoms with Crippen LogP contribution >= 0.6 is 0 Å². The highest BCUT2D eigenvalue weighted by molar-refractivity contribution is 5.44. The Morgan fingerprint density at radius 1 is 1.53 bits per heavy atom. The van der Waals surface area contributed by atoms with Crippen molar-refractivity contribution in [1.82, 2.24) is 4.90 Å². The molecule has 1 heterocycles. The molecule has 1 aromatic rings. The van der Waals surface area contributed by atoms with Gasteiger partial charge in [0, 0.05) is 24.8 Å². The van der Waals surface area contributed by atoms with Gasteiger partial charge in [-0.25, -0.2) is 4.39 Å². The third kappa shape index (κ3) is 4.35. The van der Waals surface area contributed by atoms with Gasteiger partial charge < -0.3 is 5.32 Å². The lowest BCUT2D eigenvalue weighted by Gasteiger charge is -2.33. The van der Waals surface area contributed by atoms with Crippen molar-refractivity contribution in [3.63, 3.8) is 0 Å². The minimum atomic E-state index is -0.178. The van der Waals surface area contributed by atoms with Crippen LogP contribution < -0.4 is 5.32 Å². The fourth-order valence-corrected chi connectivity index (χ4v) is 2.57. The second-order valence-corrected chi connectivity index (χ2v) is 5.36. The highest BCUT2D eigenvalue weighted by Gasteiger charge is 2.19. The lowest BCUT2D eigenvalue weighted by Crippen LogP contribution is -2.42. The van der Waals surface area contributed by atoms with Crippen molar-refractivity contribution in [2.24, 2.45) is 0 Å². The lowest BCUT2D eigenvalue weighted by molar-refractivity contribution is 0.232. The summed E-state index contributed by atoms with van der Waals surface area (Å²) < 4.78 is 13.2. The Bertz CT molecular complexity index is 442. The van der Waals surface area contributed by atoms with Crippen LogP contribution in [0.3, 0.4) is 0 Å². The fraction of sp³-hybridized carbons (Fsp3) is 0.500. The van der Waals surface area contributed by atoms with E-state index in [9.17, 15) is 4.39 Å². The molecule has 2 rings (SSSR count). The molecular formula is C16H23FN2. The molecule has 1 N–H and O–H groups in total. The number of piperidine rings is 1. The maximum atomic E-state index is 13.2. The quantitative estimate of drug-likeness (QED) is 0.833. The number of likely N-dealkylation sites (tertiary alicyclic amines) is 1. The molecule has 1 aliphatic rings. The number of nitrogens with one attached hydrogen (secondary N) is 1. The van der Waals surface area contributed by atoms with Crippen LogP contribution in [-0.2, 0) is 0 Å². The first-order valence-corrected chi connectivity index (χ1v) is 7.03. The topological polar surface area (TPSA) is 15.3 Å². The average Bonchev–Trinajstić information content (AvgIpc) is 2.39. The van der Waals surface area contributed by atoms with Gasteiger partial charge in [0.25, 0.3) is 0 Å². The number of hydrogen-bond acceptors (Lipinski definition) is 2. The fourth-order valence-electron chi connectivity index (χ4n) is 2.57. The Morgan fingerprint density at radius 3 is 3.11 bits per heavy atom. The minimum Gasteiger partial charge on any atom is -0.381 e. The Kier molecular flexibility index (Phi) is 4.97. The van der Waals surface area contributed by atoms with E-state index >= 15 is 0 Å². The van der Waals surface area contributed by atoms with Gasteiger partial charge in [0.2, 0.25) is 0 Å². The number of hydrogen-bond donors (Lipinski definition) is 1. The van der Waals surface area contributed by atoms with E-state index in [4.69, 9.17) is 0 Å². The molecule has 2 nitrogen and oxygen atoms in total. The van der Waals surface area contributed by atoms with Crippen LogP contribution in [0.2, 0.25) is 0 Å². The molecule has 1 aliphatic heterocycles. The number of rotatable bonds is 4. The summed E-state index contributed by atoms with van der Waals surface area (Å²) in [6, 6.07) is 7.14. The zero-order valence-electron chi connectivity index (χ0n) is 11.8. The summed E-state index contributed by atoms with van der Waals surface area (Å²) in [5, 5.41) is 3.44. The van der Waals surface area contributed by atoms with E-state index in [0.717, 1.165) is 31.7 Å². The van der Waals surface area contributed by atoms with Gasteiger partial charge in [-0.2, -0.15) is 0 Å². The number of benzene rings is 1. The van der Waals surface area contributed by atoms with Crippen LogP contribution in [0.25, 0.3) is 0 Å². The van der Waals surface area contributed by atoms with Crippen LogP contribution in [0.5, 0.6) is 0 Å². The van der Waals surface area contributed by atoms with Crippen molar-refractivity contribution < 1.29 is 4.39 Å². The predicted molar refractivity (Wildman–Crippen MR) is 78.9 cm³/mol. The van der Waals surface area contributed by atoms with Crippen LogP contribution in [-0.4, -0.2) is 30.6 Å². The number of anilines is 1. The van der Waals surface area contributed by atoms with E-state index in [1.165, 1.54) is 18.1 Å². The van der Waals surface area contributed by atoms with Crippen molar-refractivity contribution in [2.45, 2.75) is 32.7 Å². The van der Waals surface area contributed by atoms with E-state index in [1.54, 1.807) is 12.1 Å². The van der Waals surface area contributed by atoms with Gasteiger partial charge in [-0.05, 0) is 51.4 Å². The SMILES string of the molecule is C/C=C(\C)CN1CCC[C@H](Nc2cccc(F)c2)C1. The Hall–Kier alpha value is -1.35. The van der Waals surface area contributed by atoms with Crippen molar-refractivity contribution in [2.75, 3.05) is 25.0 Å². The molecule has 1 saturated heterocycles. The molecule has 0 aliphatic carbocycles. The van der Waals surface area contributed by atoms with E-state index in [0.29, 0.717) is 6.04 Å². The Morgan fingerprint density at radius 2 is 2.37 bits per heavy atom. The third-order valence-electron chi connectivity index (χ3n) is 3.67. The first kappa shape index (κ1) is 14.1. The van der Waals surface area contributed by atoms with Crippen LogP contribution in [0.15, 0.2) is 35.9 Å². The molecular weight excluding hydrogens is 239 g/mol. The minimum absolute atomic E-state index is 0.178. The van der Waals surface area contributed by atoms with E-state index in [-0.39, 0.29) is 5.82 Å². The molecule has 0 spiro atoms. The van der Waals surface area contributed by atoms with Gasteiger partial charge in [0.05, 0.1) is 0 Å². The monoisotopic (exact) mass is 262 g/mol. The largest absolute Gasteiger partial charge is 0.381 e. The standard InChI is InChI=1S/C16H23FN2/c1-3-13(2)11-19-9-5-8-16(12-19)18-15-7-4-6-14(17)10-15/h3-4,6-7,10,16,18H,5,8-9,11-12H2,1-2H3/b13-3+/t16-/m0/s1. The Labute approximate surface area is 115 Å². The smallest absolute Gasteiger partial charge is 0.125 e. The zero-order valence-corrected chi connectivity index (χ0v) is 11.8. The second kappa shape index (κ2) is 6.71. The molecule has 1 aromatic carbocycles. The average molecular weight is 262 g/mol. The summed E-state index contributed by atoms with van der Waals surface area (Å²) >= 11 is 0. The highest BCUT2D eigenvalue weighted by atomic mass is 19.1. The highest BCUT2D eigenvalue weighted by Crippen LogP contribution is 2.17. The van der Waals surface area contributed by atoms with Crippen LogP contribution in [0.1, 0.15) is 26.7 Å². The first-order valence-electron chi connectivity index (χ1n) is 7.03. The van der Waals surface area contributed by atoms with E-state index in [1.807, 2.05) is 6.07 Å². The molecule has 0 aromatic heterocycles. The van der Waals surface area contributed by atoms with Crippen LogP contribution in [0.4, 0.5) is 10.1 Å². The van der Waals surface area contributed by atoms with E-state index in [2.05, 4.69) is 30.1 Å². The van der Waals surface area contributed by atoms with Gasteiger partial charge in [-0.3, -0.25) is 4.90 Å². The maximum absolute atomic E-state index is 13.2. The molecule has 104 valence electrons. The van der Waals surface area contributed by atoms with Crippen LogP contribution in [0, 0.1) is 5.82 Å². The predicted octanol–water partition coefficient (Wildman–Crippen LogP) is 3.67. The lowest BCUT2D eigenvalue weighted by atomic mass is 10.0.